The molecule has 160 valence electrons. The molecule has 30 heavy (non-hydrogen) atoms. The zero-order valence-corrected chi connectivity index (χ0v) is 19.5. The molecule has 7 aliphatic rings. The lowest BCUT2D eigenvalue weighted by Gasteiger charge is -2.57. The summed E-state index contributed by atoms with van der Waals surface area (Å²) in [7, 11) is 1.77. The molecule has 0 aromatic heterocycles. The van der Waals surface area contributed by atoms with E-state index in [1.165, 1.54) is 56.3 Å². The molecule has 5 nitrogen and oxygen atoms in total. The second kappa shape index (κ2) is 5.67. The number of likely N-dealkylation sites (tertiary alicyclic amines) is 1. The number of halogens is 1. The largest absolute Gasteiger partial charge is 0.493 e. The molecular formula is C24H28INO4. The summed E-state index contributed by atoms with van der Waals surface area (Å²) < 4.78 is 25.1. The van der Waals surface area contributed by atoms with Gasteiger partial charge in [-0.3, -0.25) is 4.90 Å². The molecule has 5 fully saturated rings. The maximum atomic E-state index is 6.89. The topological polar surface area (TPSA) is 40.2 Å². The van der Waals surface area contributed by atoms with Crippen molar-refractivity contribution >= 4 is 22.6 Å². The average molecular weight is 521 g/mol. The first-order chi connectivity index (χ1) is 14.6. The van der Waals surface area contributed by atoms with Crippen LogP contribution in [0.15, 0.2) is 12.1 Å². The van der Waals surface area contributed by atoms with Crippen LogP contribution in [0.2, 0.25) is 0 Å². The number of ether oxygens (including phenoxy) is 4. The first-order valence-corrected chi connectivity index (χ1v) is 12.9. The molecule has 0 N–H and O–H groups in total. The average Bonchev–Trinajstić information content (AvgIpc) is 3.44. The van der Waals surface area contributed by atoms with Crippen molar-refractivity contribution in [2.45, 2.75) is 59.9 Å². The molecule has 8 atom stereocenters. The Bertz CT molecular complexity index is 951. The first-order valence-electron chi connectivity index (χ1n) is 11.6. The summed E-state index contributed by atoms with van der Waals surface area (Å²) >= 11 is 2.50. The molecule has 6 unspecified atom stereocenters. The third-order valence-electron chi connectivity index (χ3n) is 9.67. The lowest BCUT2D eigenvalue weighted by Crippen LogP contribution is -2.66. The van der Waals surface area contributed by atoms with E-state index in [-0.39, 0.29) is 21.7 Å². The Morgan fingerprint density at radius 3 is 3.00 bits per heavy atom. The van der Waals surface area contributed by atoms with E-state index in [2.05, 4.69) is 39.6 Å². The molecule has 0 radical (unpaired) electrons. The van der Waals surface area contributed by atoms with Gasteiger partial charge in [0, 0.05) is 41.4 Å². The van der Waals surface area contributed by atoms with E-state index in [9.17, 15) is 0 Å². The zero-order chi connectivity index (χ0) is 19.8. The highest BCUT2D eigenvalue weighted by Gasteiger charge is 2.78. The van der Waals surface area contributed by atoms with Gasteiger partial charge in [0.1, 0.15) is 23.1 Å². The fraction of sp³-hybridized carbons (Fsp3) is 0.750. The van der Waals surface area contributed by atoms with Crippen LogP contribution in [-0.2, 0) is 21.3 Å². The molecule has 1 aromatic carbocycles. The molecule has 0 amide bonds. The van der Waals surface area contributed by atoms with Crippen molar-refractivity contribution in [3.63, 3.8) is 0 Å². The third-order valence-corrected chi connectivity index (χ3v) is 11.0. The Labute approximate surface area is 190 Å². The van der Waals surface area contributed by atoms with Crippen LogP contribution in [-0.4, -0.2) is 54.3 Å². The van der Waals surface area contributed by atoms with E-state index < -0.39 is 0 Å². The van der Waals surface area contributed by atoms with Crippen molar-refractivity contribution in [3.8, 4) is 11.5 Å². The van der Waals surface area contributed by atoms with Gasteiger partial charge in [-0.2, -0.15) is 0 Å². The number of methoxy groups -OCH3 is 1. The summed E-state index contributed by atoms with van der Waals surface area (Å²) in [6.07, 6.45) is 6.75. The van der Waals surface area contributed by atoms with Gasteiger partial charge in [-0.1, -0.05) is 28.7 Å². The van der Waals surface area contributed by atoms with E-state index in [1.807, 2.05) is 0 Å². The Kier molecular flexibility index (Phi) is 3.39. The Morgan fingerprint density at radius 1 is 1.27 bits per heavy atom. The normalized spacial score (nSPS) is 49.5. The van der Waals surface area contributed by atoms with E-state index in [0.717, 1.165) is 17.4 Å². The van der Waals surface area contributed by atoms with Gasteiger partial charge in [0.2, 0.25) is 0 Å². The maximum absolute atomic E-state index is 6.89. The molecule has 2 bridgehead atoms. The van der Waals surface area contributed by atoms with Crippen molar-refractivity contribution < 1.29 is 18.9 Å². The molecule has 6 heteroatoms. The first kappa shape index (κ1) is 17.9. The third kappa shape index (κ3) is 1.94. The second-order valence-electron chi connectivity index (χ2n) is 11.0. The van der Waals surface area contributed by atoms with Crippen LogP contribution in [0.25, 0.3) is 0 Å². The van der Waals surface area contributed by atoms with Crippen LogP contribution in [0.1, 0.15) is 36.8 Å². The van der Waals surface area contributed by atoms with Gasteiger partial charge in [0.05, 0.1) is 7.11 Å². The lowest BCUT2D eigenvalue weighted by atomic mass is 9.57. The van der Waals surface area contributed by atoms with Gasteiger partial charge in [0.15, 0.2) is 11.5 Å². The van der Waals surface area contributed by atoms with Gasteiger partial charge >= 0.3 is 0 Å². The predicted molar refractivity (Wildman–Crippen MR) is 118 cm³/mol. The van der Waals surface area contributed by atoms with Gasteiger partial charge in [0.25, 0.3) is 0 Å². The highest BCUT2D eigenvalue weighted by Crippen LogP contribution is 2.75. The number of nitrogens with zero attached hydrogens (tertiary/aromatic N) is 1. The van der Waals surface area contributed by atoms with Gasteiger partial charge < -0.3 is 18.9 Å². The molecule has 3 aliphatic heterocycles. The summed E-state index contributed by atoms with van der Waals surface area (Å²) in [6, 6.07) is 5.17. The van der Waals surface area contributed by atoms with E-state index in [0.29, 0.717) is 30.1 Å². The lowest BCUT2D eigenvalue weighted by molar-refractivity contribution is -0.229. The molecule has 3 heterocycles. The van der Waals surface area contributed by atoms with Gasteiger partial charge in [-0.25, -0.2) is 0 Å². The smallest absolute Gasteiger partial charge is 0.165 e. The highest BCUT2D eigenvalue weighted by atomic mass is 127. The summed E-state index contributed by atoms with van der Waals surface area (Å²) in [4.78, 5) is 2.86. The Balaban J connectivity index is 1.32. The quantitative estimate of drug-likeness (QED) is 0.450. The summed E-state index contributed by atoms with van der Waals surface area (Å²) in [5.74, 6) is 3.91. The molecule has 1 aromatic rings. The fourth-order valence-electron chi connectivity index (χ4n) is 8.74. The number of benzene rings is 1. The van der Waals surface area contributed by atoms with Crippen LogP contribution in [0, 0.1) is 23.2 Å². The summed E-state index contributed by atoms with van der Waals surface area (Å²) in [5.41, 5.74) is 3.53. The van der Waals surface area contributed by atoms with Crippen molar-refractivity contribution in [1.29, 1.82) is 0 Å². The van der Waals surface area contributed by atoms with Gasteiger partial charge in [-0.05, 0) is 55.6 Å². The Morgan fingerprint density at radius 2 is 2.17 bits per heavy atom. The highest BCUT2D eigenvalue weighted by molar-refractivity contribution is 14.1. The molecule has 8 rings (SSSR count). The van der Waals surface area contributed by atoms with E-state index >= 15 is 0 Å². The molecule has 3 saturated carbocycles. The summed E-state index contributed by atoms with van der Waals surface area (Å²) in [5, 5.41) is 0. The monoisotopic (exact) mass is 521 g/mol. The number of rotatable bonds is 3. The zero-order valence-electron chi connectivity index (χ0n) is 17.3. The predicted octanol–water partition coefficient (Wildman–Crippen LogP) is 3.50. The van der Waals surface area contributed by atoms with Gasteiger partial charge in [-0.15, -0.1) is 0 Å². The molecule has 4 aliphatic carbocycles. The number of fused-ring (bicyclic) bond motifs is 3. The second-order valence-corrected chi connectivity index (χ2v) is 12.2. The standard InChI is InChI=1S/C24H28INO4/c1-27-16-5-4-13-7-23-9-24-15(20(23)26(10-23)8-12-2-3-12)6-14-18(28-11-29-22(14)25)21(24)30-19(16)17(13)24/h4-5,12,14-15,18,20-22H,2-3,6-11H2,1H3/t14-,15?,18?,20?,21-,22?,23?,24?/m0/s1. The minimum atomic E-state index is 0.0926. The molecular weight excluding hydrogens is 493 g/mol. The van der Waals surface area contributed by atoms with Crippen molar-refractivity contribution in [1.82, 2.24) is 4.90 Å². The van der Waals surface area contributed by atoms with Crippen LogP contribution < -0.4 is 9.47 Å². The van der Waals surface area contributed by atoms with Crippen LogP contribution >= 0.6 is 22.6 Å². The SMILES string of the molecule is COc1ccc2c3c1O[C@H]1C4OCOC(I)[C@H]4CC4C5N(CC6CC6)CC5(C2)CC341. The van der Waals surface area contributed by atoms with Crippen molar-refractivity contribution in [3.05, 3.63) is 23.3 Å². The van der Waals surface area contributed by atoms with E-state index in [4.69, 9.17) is 18.9 Å². The molecule has 2 spiro atoms. The van der Waals surface area contributed by atoms with E-state index in [1.54, 1.807) is 7.11 Å². The van der Waals surface area contributed by atoms with Crippen LogP contribution in [0.3, 0.4) is 0 Å². The van der Waals surface area contributed by atoms with Crippen molar-refractivity contribution in [2.75, 3.05) is 27.0 Å². The minimum absolute atomic E-state index is 0.0926. The van der Waals surface area contributed by atoms with Crippen molar-refractivity contribution in [2.24, 2.45) is 23.2 Å². The number of hydrogen-bond acceptors (Lipinski definition) is 5. The Hall–Kier alpha value is -0.570. The summed E-state index contributed by atoms with van der Waals surface area (Å²) in [6.45, 7) is 2.98. The maximum Gasteiger partial charge on any atom is 0.165 e. The van der Waals surface area contributed by atoms with Crippen LogP contribution in [0.4, 0.5) is 0 Å². The number of alkyl halides is 1. The number of hydrogen-bond donors (Lipinski definition) is 0. The van der Waals surface area contributed by atoms with Crippen LogP contribution in [0.5, 0.6) is 11.5 Å². The fourth-order valence-corrected chi connectivity index (χ4v) is 9.59. The molecule has 2 saturated heterocycles. The minimum Gasteiger partial charge on any atom is -0.493 e.